The van der Waals surface area contributed by atoms with E-state index in [1.54, 1.807) is 40.7 Å². The standard InChI is InChI=1S/C24H23N5O2S2/c1-15-13-16(32-24-25-10-4-11-26-24)7-8-18(15)28-20(30)9-12-29-14-27-22-21(23(29)31)17-5-2-3-6-19(17)33-22/h4,7-8,10-11,13-14H,2-3,5-6,9,12H2,1H3,(H,28,30). The van der Waals surface area contributed by atoms with Gasteiger partial charge in [-0.2, -0.15) is 0 Å². The molecule has 0 radical (unpaired) electrons. The molecule has 0 bridgehead atoms. The molecule has 3 heterocycles. The van der Waals surface area contributed by atoms with Crippen LogP contribution in [0, 0.1) is 6.92 Å². The number of anilines is 1. The fraction of sp³-hybridized carbons (Fsp3) is 0.292. The monoisotopic (exact) mass is 477 g/mol. The van der Waals surface area contributed by atoms with Gasteiger partial charge in [0.15, 0.2) is 5.16 Å². The molecule has 0 spiro atoms. The third kappa shape index (κ3) is 4.69. The van der Waals surface area contributed by atoms with Crippen LogP contribution in [0.3, 0.4) is 0 Å². The SMILES string of the molecule is Cc1cc(Sc2ncccn2)ccc1NC(=O)CCn1cnc2sc3c(c2c1=O)CCCC3. The van der Waals surface area contributed by atoms with E-state index < -0.39 is 0 Å². The van der Waals surface area contributed by atoms with Crippen molar-refractivity contribution in [3.05, 3.63) is 69.3 Å². The van der Waals surface area contributed by atoms with Crippen molar-refractivity contribution in [2.45, 2.75) is 55.6 Å². The quantitative estimate of drug-likeness (QED) is 0.408. The van der Waals surface area contributed by atoms with Crippen LogP contribution in [0.5, 0.6) is 0 Å². The van der Waals surface area contributed by atoms with Crippen LogP contribution >= 0.6 is 23.1 Å². The normalized spacial score (nSPS) is 13.1. The molecule has 168 valence electrons. The molecule has 3 aromatic heterocycles. The van der Waals surface area contributed by atoms with Gasteiger partial charge in [0, 0.05) is 40.8 Å². The van der Waals surface area contributed by atoms with Gasteiger partial charge in [0.2, 0.25) is 5.91 Å². The highest BCUT2D eigenvalue weighted by Gasteiger charge is 2.20. The highest BCUT2D eigenvalue weighted by atomic mass is 32.2. The molecule has 1 aromatic carbocycles. The lowest BCUT2D eigenvalue weighted by Gasteiger charge is -2.11. The second-order valence-corrected chi connectivity index (χ2v) is 10.2. The molecule has 1 N–H and O–H groups in total. The van der Waals surface area contributed by atoms with Crippen molar-refractivity contribution >= 4 is 44.9 Å². The summed E-state index contributed by atoms with van der Waals surface area (Å²) in [6, 6.07) is 7.60. The van der Waals surface area contributed by atoms with Gasteiger partial charge in [-0.1, -0.05) is 0 Å². The number of nitrogens with one attached hydrogen (secondary N) is 1. The smallest absolute Gasteiger partial charge is 0.262 e. The number of benzene rings is 1. The van der Waals surface area contributed by atoms with Crippen LogP contribution in [0.25, 0.3) is 10.2 Å². The first-order valence-corrected chi connectivity index (χ1v) is 12.6. The number of hydrogen-bond donors (Lipinski definition) is 1. The third-order valence-electron chi connectivity index (χ3n) is 5.74. The molecule has 5 rings (SSSR count). The van der Waals surface area contributed by atoms with Crippen molar-refractivity contribution in [1.82, 2.24) is 19.5 Å². The van der Waals surface area contributed by atoms with Gasteiger partial charge in [-0.3, -0.25) is 14.2 Å². The topological polar surface area (TPSA) is 89.8 Å². The van der Waals surface area contributed by atoms with E-state index in [1.165, 1.54) is 28.6 Å². The Balaban J connectivity index is 1.25. The maximum absolute atomic E-state index is 13.1. The minimum absolute atomic E-state index is 0.0344. The minimum Gasteiger partial charge on any atom is -0.326 e. The number of thiophene rings is 1. The van der Waals surface area contributed by atoms with E-state index in [9.17, 15) is 9.59 Å². The van der Waals surface area contributed by atoms with E-state index in [2.05, 4.69) is 20.3 Å². The molecule has 7 nitrogen and oxygen atoms in total. The Labute approximate surface area is 199 Å². The lowest BCUT2D eigenvalue weighted by molar-refractivity contribution is -0.116. The van der Waals surface area contributed by atoms with Crippen LogP contribution in [0.2, 0.25) is 0 Å². The summed E-state index contributed by atoms with van der Waals surface area (Å²) in [5.74, 6) is -0.135. The highest BCUT2D eigenvalue weighted by molar-refractivity contribution is 7.99. The molecule has 9 heteroatoms. The zero-order valence-electron chi connectivity index (χ0n) is 18.2. The van der Waals surface area contributed by atoms with E-state index >= 15 is 0 Å². The Hall–Kier alpha value is -3.04. The number of amides is 1. The van der Waals surface area contributed by atoms with Gasteiger partial charge in [0.25, 0.3) is 5.56 Å². The lowest BCUT2D eigenvalue weighted by Crippen LogP contribution is -2.24. The van der Waals surface area contributed by atoms with E-state index in [0.29, 0.717) is 11.7 Å². The van der Waals surface area contributed by atoms with Gasteiger partial charge in [-0.15, -0.1) is 11.3 Å². The van der Waals surface area contributed by atoms with Crippen molar-refractivity contribution in [3.63, 3.8) is 0 Å². The molecule has 0 atom stereocenters. The first-order chi connectivity index (χ1) is 16.1. The number of fused-ring (bicyclic) bond motifs is 3. The number of nitrogens with zero attached hydrogens (tertiary/aromatic N) is 4. The van der Waals surface area contributed by atoms with Crippen molar-refractivity contribution in [2.24, 2.45) is 0 Å². The number of hydrogen-bond acceptors (Lipinski definition) is 7. The summed E-state index contributed by atoms with van der Waals surface area (Å²) < 4.78 is 1.57. The summed E-state index contributed by atoms with van der Waals surface area (Å²) >= 11 is 3.11. The molecule has 1 aliphatic carbocycles. The third-order valence-corrected chi connectivity index (χ3v) is 7.83. The van der Waals surface area contributed by atoms with Gasteiger partial charge in [0.05, 0.1) is 11.7 Å². The fourth-order valence-corrected chi connectivity index (χ4v) is 6.09. The second-order valence-electron chi connectivity index (χ2n) is 8.04. The van der Waals surface area contributed by atoms with Gasteiger partial charge in [0.1, 0.15) is 4.83 Å². The fourth-order valence-electron chi connectivity index (χ4n) is 4.06. The molecule has 0 aliphatic heterocycles. The second kappa shape index (κ2) is 9.44. The average Bonchev–Trinajstić information content (AvgIpc) is 3.20. The van der Waals surface area contributed by atoms with Crippen molar-refractivity contribution in [1.29, 1.82) is 0 Å². The van der Waals surface area contributed by atoms with Crippen LogP contribution < -0.4 is 10.9 Å². The molecule has 1 amide bonds. The molecule has 1 aliphatic rings. The van der Waals surface area contributed by atoms with Gasteiger partial charge < -0.3 is 5.32 Å². The molecular formula is C24H23N5O2S2. The Morgan fingerprint density at radius 2 is 2.00 bits per heavy atom. The van der Waals surface area contributed by atoms with Crippen LogP contribution in [0.4, 0.5) is 5.69 Å². The minimum atomic E-state index is -0.135. The van der Waals surface area contributed by atoms with Crippen LogP contribution in [-0.2, 0) is 24.2 Å². The number of aromatic nitrogens is 4. The van der Waals surface area contributed by atoms with Crippen molar-refractivity contribution in [2.75, 3.05) is 5.32 Å². The van der Waals surface area contributed by atoms with Crippen molar-refractivity contribution in [3.8, 4) is 0 Å². The summed E-state index contributed by atoms with van der Waals surface area (Å²) in [7, 11) is 0. The number of rotatable bonds is 6. The Morgan fingerprint density at radius 3 is 2.82 bits per heavy atom. The summed E-state index contributed by atoms with van der Waals surface area (Å²) in [4.78, 5) is 41.7. The van der Waals surface area contributed by atoms with E-state index in [1.807, 2.05) is 25.1 Å². The van der Waals surface area contributed by atoms with Gasteiger partial charge in [-0.05, 0) is 79.8 Å². The Bertz CT molecular complexity index is 1380. The Kier molecular flexibility index (Phi) is 6.24. The lowest BCUT2D eigenvalue weighted by atomic mass is 9.97. The largest absolute Gasteiger partial charge is 0.326 e. The zero-order valence-corrected chi connectivity index (χ0v) is 19.8. The van der Waals surface area contributed by atoms with Crippen LogP contribution in [0.15, 0.2) is 57.8 Å². The summed E-state index contributed by atoms with van der Waals surface area (Å²) in [6.07, 6.45) is 9.47. The van der Waals surface area contributed by atoms with Crippen LogP contribution in [-0.4, -0.2) is 25.4 Å². The first-order valence-electron chi connectivity index (χ1n) is 10.9. The van der Waals surface area contributed by atoms with E-state index in [0.717, 1.165) is 45.6 Å². The predicted octanol–water partition coefficient (Wildman–Crippen LogP) is 4.62. The molecule has 0 saturated heterocycles. The summed E-state index contributed by atoms with van der Waals surface area (Å²) in [5, 5.41) is 4.39. The molecule has 0 saturated carbocycles. The first kappa shape index (κ1) is 21.8. The number of carbonyl (C=O) groups excluding carboxylic acids is 1. The maximum Gasteiger partial charge on any atom is 0.262 e. The van der Waals surface area contributed by atoms with E-state index in [4.69, 9.17) is 0 Å². The number of aryl methyl sites for hydroxylation is 4. The zero-order chi connectivity index (χ0) is 22.8. The van der Waals surface area contributed by atoms with Crippen LogP contribution in [0.1, 0.15) is 35.3 Å². The summed E-state index contributed by atoms with van der Waals surface area (Å²) in [6.45, 7) is 2.25. The number of carbonyl (C=O) groups is 1. The predicted molar refractivity (Wildman–Crippen MR) is 131 cm³/mol. The van der Waals surface area contributed by atoms with Gasteiger partial charge >= 0.3 is 0 Å². The molecule has 0 fully saturated rings. The van der Waals surface area contributed by atoms with E-state index in [-0.39, 0.29) is 17.9 Å². The highest BCUT2D eigenvalue weighted by Crippen LogP contribution is 2.33. The molecule has 0 unspecified atom stereocenters. The Morgan fingerprint density at radius 1 is 1.18 bits per heavy atom. The molecule has 33 heavy (non-hydrogen) atoms. The summed E-state index contributed by atoms with van der Waals surface area (Å²) in [5.41, 5.74) is 2.85. The van der Waals surface area contributed by atoms with Crippen molar-refractivity contribution < 1.29 is 4.79 Å². The van der Waals surface area contributed by atoms with Gasteiger partial charge in [-0.25, -0.2) is 15.0 Å². The maximum atomic E-state index is 13.1. The molecule has 4 aromatic rings. The average molecular weight is 478 g/mol. The molecular weight excluding hydrogens is 454 g/mol.